The van der Waals surface area contributed by atoms with Crippen LogP contribution in [0.15, 0.2) is 33.9 Å². The van der Waals surface area contributed by atoms with Crippen molar-refractivity contribution in [3.63, 3.8) is 0 Å². The van der Waals surface area contributed by atoms with Crippen molar-refractivity contribution in [1.29, 1.82) is 5.26 Å². The summed E-state index contributed by atoms with van der Waals surface area (Å²) in [6.07, 6.45) is 2.73. The number of benzene rings is 1. The summed E-state index contributed by atoms with van der Waals surface area (Å²) < 4.78 is 0.951. The van der Waals surface area contributed by atoms with E-state index in [2.05, 4.69) is 32.5 Å². The molecule has 1 N–H and O–H groups in total. The molecule has 25 heavy (non-hydrogen) atoms. The van der Waals surface area contributed by atoms with Crippen LogP contribution in [0.25, 0.3) is 0 Å². The smallest absolute Gasteiger partial charge is 0.269 e. The lowest BCUT2D eigenvalue weighted by molar-refractivity contribution is -0.125. The van der Waals surface area contributed by atoms with Crippen molar-refractivity contribution < 1.29 is 9.63 Å². The summed E-state index contributed by atoms with van der Waals surface area (Å²) in [6, 6.07) is 9.97. The van der Waals surface area contributed by atoms with Gasteiger partial charge in [0.05, 0.1) is 11.3 Å². The fourth-order valence-electron chi connectivity index (χ4n) is 3.16. The fraction of sp³-hybridized carbons (Fsp3) is 0.278. The Kier molecular flexibility index (Phi) is 4.32. The summed E-state index contributed by atoms with van der Waals surface area (Å²) in [5.74, 6) is -0.259. The number of anilines is 1. The predicted octanol–water partition coefficient (Wildman–Crippen LogP) is 4.00. The molecular formula is C18H14BrN3O2S. The van der Waals surface area contributed by atoms with Gasteiger partial charge in [0.25, 0.3) is 5.91 Å². The number of hydrogen-bond donors (Lipinski definition) is 1. The quantitative estimate of drug-likeness (QED) is 0.822. The van der Waals surface area contributed by atoms with Crippen molar-refractivity contribution in [1.82, 2.24) is 0 Å². The number of nitriles is 1. The largest absolute Gasteiger partial charge is 0.382 e. The number of carbonyl (C=O) groups is 1. The average molecular weight is 416 g/mol. The van der Waals surface area contributed by atoms with E-state index in [1.807, 2.05) is 24.3 Å². The highest BCUT2D eigenvalue weighted by atomic mass is 79.9. The van der Waals surface area contributed by atoms with Gasteiger partial charge in [-0.2, -0.15) is 5.26 Å². The van der Waals surface area contributed by atoms with E-state index in [0.717, 1.165) is 40.6 Å². The first-order valence-electron chi connectivity index (χ1n) is 8.00. The monoisotopic (exact) mass is 415 g/mol. The van der Waals surface area contributed by atoms with Crippen molar-refractivity contribution in [3.8, 4) is 6.07 Å². The minimum Gasteiger partial charge on any atom is -0.382 e. The Morgan fingerprint density at radius 1 is 1.44 bits per heavy atom. The average Bonchev–Trinajstić information content (AvgIpc) is 3.30. The molecule has 1 aliphatic carbocycles. The zero-order chi connectivity index (χ0) is 17.4. The van der Waals surface area contributed by atoms with Crippen LogP contribution in [0.4, 0.5) is 5.00 Å². The van der Waals surface area contributed by atoms with Crippen LogP contribution in [-0.2, 0) is 22.5 Å². The summed E-state index contributed by atoms with van der Waals surface area (Å²) in [6.45, 7) is 0. The van der Waals surface area contributed by atoms with E-state index in [9.17, 15) is 10.1 Å². The van der Waals surface area contributed by atoms with Crippen LogP contribution in [0.1, 0.15) is 34.4 Å². The van der Waals surface area contributed by atoms with Crippen molar-refractivity contribution in [2.45, 2.75) is 31.8 Å². The molecule has 126 valence electrons. The van der Waals surface area contributed by atoms with Crippen LogP contribution in [0.3, 0.4) is 0 Å². The predicted molar refractivity (Wildman–Crippen MR) is 99.9 cm³/mol. The van der Waals surface area contributed by atoms with Gasteiger partial charge < -0.3 is 10.2 Å². The molecule has 0 saturated heterocycles. The molecule has 1 aromatic carbocycles. The summed E-state index contributed by atoms with van der Waals surface area (Å²) in [4.78, 5) is 19.1. The van der Waals surface area contributed by atoms with E-state index in [1.165, 1.54) is 16.2 Å². The van der Waals surface area contributed by atoms with Crippen LogP contribution < -0.4 is 5.32 Å². The molecular weight excluding hydrogens is 402 g/mol. The molecule has 4 rings (SSSR count). The van der Waals surface area contributed by atoms with Crippen molar-refractivity contribution >= 4 is 43.9 Å². The van der Waals surface area contributed by atoms with E-state index >= 15 is 0 Å². The number of hydrogen-bond acceptors (Lipinski definition) is 5. The van der Waals surface area contributed by atoms with Crippen LogP contribution in [0.2, 0.25) is 0 Å². The van der Waals surface area contributed by atoms with E-state index in [1.54, 1.807) is 0 Å². The Morgan fingerprint density at radius 2 is 2.32 bits per heavy atom. The van der Waals surface area contributed by atoms with Gasteiger partial charge in [0, 0.05) is 21.3 Å². The van der Waals surface area contributed by atoms with Crippen LogP contribution in [-0.4, -0.2) is 17.7 Å². The Morgan fingerprint density at radius 3 is 3.12 bits per heavy atom. The Hall–Kier alpha value is -2.17. The maximum absolute atomic E-state index is 12.5. The van der Waals surface area contributed by atoms with Crippen LogP contribution >= 0.6 is 27.3 Å². The zero-order valence-electron chi connectivity index (χ0n) is 13.2. The van der Waals surface area contributed by atoms with Gasteiger partial charge in [-0.1, -0.05) is 33.2 Å². The maximum atomic E-state index is 12.5. The minimum absolute atomic E-state index is 0.259. The number of oxime groups is 1. The van der Waals surface area contributed by atoms with Gasteiger partial charge in [-0.15, -0.1) is 11.3 Å². The highest BCUT2D eigenvalue weighted by Gasteiger charge is 2.31. The molecule has 1 amide bonds. The molecule has 0 radical (unpaired) electrons. The molecule has 0 fully saturated rings. The molecule has 1 atom stereocenters. The van der Waals surface area contributed by atoms with E-state index in [4.69, 9.17) is 4.84 Å². The molecule has 1 aromatic heterocycles. The number of halogens is 1. The lowest BCUT2D eigenvalue weighted by atomic mass is 10.0. The molecule has 0 spiro atoms. The maximum Gasteiger partial charge on any atom is 0.269 e. The molecule has 1 aliphatic heterocycles. The number of nitrogens with zero attached hydrogens (tertiary/aromatic N) is 2. The number of carbonyl (C=O) groups excluding carboxylic acids is 1. The van der Waals surface area contributed by atoms with Gasteiger partial charge in [-0.25, -0.2) is 0 Å². The lowest BCUT2D eigenvalue weighted by Gasteiger charge is -2.08. The summed E-state index contributed by atoms with van der Waals surface area (Å²) in [5.41, 5.74) is 3.38. The SMILES string of the molecule is N#Cc1c(NC(=O)[C@H]2CC(c3cccc(Br)c3)=NO2)sc2c1CCC2. The summed E-state index contributed by atoms with van der Waals surface area (Å²) in [5, 5.41) is 17.0. The Bertz CT molecular complexity index is 929. The number of thiophene rings is 1. The van der Waals surface area contributed by atoms with Gasteiger partial charge in [0.1, 0.15) is 11.1 Å². The van der Waals surface area contributed by atoms with Gasteiger partial charge in [-0.3, -0.25) is 4.79 Å². The lowest BCUT2D eigenvalue weighted by Crippen LogP contribution is -2.28. The van der Waals surface area contributed by atoms with Crippen LogP contribution in [0, 0.1) is 11.3 Å². The number of rotatable bonds is 3. The van der Waals surface area contributed by atoms with Crippen molar-refractivity contribution in [2.24, 2.45) is 5.16 Å². The molecule has 5 nitrogen and oxygen atoms in total. The first-order chi connectivity index (χ1) is 12.2. The Labute approximate surface area is 157 Å². The zero-order valence-corrected chi connectivity index (χ0v) is 15.6. The standard InChI is InChI=1S/C18H14BrN3O2S/c19-11-4-1-3-10(7-11)14-8-15(24-22-14)17(23)21-18-13(9-20)12-5-2-6-16(12)25-18/h1,3-4,7,15H,2,5-6,8H2,(H,21,23)/t15-/m1/s1. The third kappa shape index (κ3) is 3.08. The third-order valence-electron chi connectivity index (χ3n) is 4.39. The molecule has 0 saturated carbocycles. The van der Waals surface area contributed by atoms with Gasteiger partial charge in [-0.05, 0) is 37.0 Å². The van der Waals surface area contributed by atoms with Crippen molar-refractivity contribution in [2.75, 3.05) is 5.32 Å². The van der Waals surface area contributed by atoms with Gasteiger partial charge >= 0.3 is 0 Å². The second-order valence-corrected chi connectivity index (χ2v) is 8.03. The minimum atomic E-state index is -0.669. The first-order valence-corrected chi connectivity index (χ1v) is 9.61. The van der Waals surface area contributed by atoms with Gasteiger partial charge in [0.2, 0.25) is 6.10 Å². The molecule has 7 heteroatoms. The van der Waals surface area contributed by atoms with Gasteiger partial charge in [0.15, 0.2) is 0 Å². The normalized spacial score (nSPS) is 18.2. The number of amides is 1. The second-order valence-electron chi connectivity index (χ2n) is 6.01. The topological polar surface area (TPSA) is 74.5 Å². The highest BCUT2D eigenvalue weighted by Crippen LogP contribution is 2.38. The second kappa shape index (κ2) is 6.62. The number of nitrogens with one attached hydrogen (secondary N) is 1. The van der Waals surface area contributed by atoms with E-state index < -0.39 is 6.10 Å². The van der Waals surface area contributed by atoms with Crippen molar-refractivity contribution in [3.05, 3.63) is 50.3 Å². The first kappa shape index (κ1) is 16.3. The fourth-order valence-corrected chi connectivity index (χ4v) is 4.80. The summed E-state index contributed by atoms with van der Waals surface area (Å²) >= 11 is 4.94. The Balaban J connectivity index is 1.46. The molecule has 2 heterocycles. The summed E-state index contributed by atoms with van der Waals surface area (Å²) in [7, 11) is 0. The molecule has 0 unspecified atom stereocenters. The molecule has 2 aromatic rings. The van der Waals surface area contributed by atoms with E-state index in [-0.39, 0.29) is 5.91 Å². The number of fused-ring (bicyclic) bond motifs is 1. The number of aryl methyl sites for hydroxylation is 1. The molecule has 0 bridgehead atoms. The molecule has 2 aliphatic rings. The highest BCUT2D eigenvalue weighted by molar-refractivity contribution is 9.10. The van der Waals surface area contributed by atoms with E-state index in [0.29, 0.717) is 17.0 Å². The van der Waals surface area contributed by atoms with Crippen LogP contribution in [0.5, 0.6) is 0 Å². The third-order valence-corrected chi connectivity index (χ3v) is 6.09.